The number of anilines is 1. The molecule has 5 saturated heterocycles. The van der Waals surface area contributed by atoms with E-state index in [1.54, 1.807) is 24.6 Å². The smallest absolute Gasteiger partial charge is 0.410 e. The zero-order chi connectivity index (χ0) is 42.3. The van der Waals surface area contributed by atoms with E-state index in [9.17, 15) is 22.4 Å². The summed E-state index contributed by atoms with van der Waals surface area (Å²) in [5.74, 6) is 0.953. The van der Waals surface area contributed by atoms with Crippen LogP contribution >= 0.6 is 0 Å². The SMILES string of the molecule is CC(C)N(C(=O)c1cc(F)ccc1Oc1cncnc1N1CC[C@@H](CN2CC3(CCN(S(=O)(=O)N4CCC5(CCN(C(=O)OC(C)(C)C)CC5)CC4)CC3)C2)C1)C(C)C. The van der Waals surface area contributed by atoms with E-state index >= 15 is 0 Å². The number of hydrogen-bond acceptors (Lipinski definition) is 10. The third-order valence-corrected chi connectivity index (χ3v) is 15.3. The molecule has 14 nitrogen and oxygen atoms in total. The maximum atomic E-state index is 14.5. The van der Waals surface area contributed by atoms with E-state index in [2.05, 4.69) is 19.8 Å². The summed E-state index contributed by atoms with van der Waals surface area (Å²) in [6.07, 6.45) is 9.01. The van der Waals surface area contributed by atoms with Crippen LogP contribution in [0.5, 0.6) is 11.5 Å². The van der Waals surface area contributed by atoms with Crippen LogP contribution in [0.4, 0.5) is 15.0 Å². The lowest BCUT2D eigenvalue weighted by Gasteiger charge is -2.55. The van der Waals surface area contributed by atoms with Gasteiger partial charge >= 0.3 is 6.09 Å². The average Bonchev–Trinajstić information content (AvgIpc) is 3.63. The van der Waals surface area contributed by atoms with Crippen LogP contribution in [0.25, 0.3) is 0 Å². The Balaban J connectivity index is 0.872. The van der Waals surface area contributed by atoms with E-state index in [-0.39, 0.29) is 46.2 Å². The normalized spacial score (nSPS) is 22.9. The summed E-state index contributed by atoms with van der Waals surface area (Å²) in [6, 6.07) is 3.87. The van der Waals surface area contributed by atoms with Gasteiger partial charge in [-0.25, -0.2) is 19.2 Å². The Hall–Kier alpha value is -3.60. The lowest BCUT2D eigenvalue weighted by atomic mass is 9.72. The number of hydrogen-bond donors (Lipinski definition) is 0. The molecule has 5 aliphatic rings. The maximum absolute atomic E-state index is 14.5. The first-order valence-electron chi connectivity index (χ1n) is 21.7. The van der Waals surface area contributed by atoms with Gasteiger partial charge in [0.05, 0.1) is 11.8 Å². The first kappa shape index (κ1) is 43.5. The van der Waals surface area contributed by atoms with Crippen molar-refractivity contribution < 1.29 is 31.9 Å². The van der Waals surface area contributed by atoms with Gasteiger partial charge in [-0.15, -0.1) is 0 Å². The molecule has 326 valence electrons. The zero-order valence-electron chi connectivity index (χ0n) is 36.2. The highest BCUT2D eigenvalue weighted by Gasteiger charge is 2.49. The molecule has 16 heteroatoms. The number of halogens is 1. The number of ether oxygens (including phenoxy) is 2. The highest BCUT2D eigenvalue weighted by Crippen LogP contribution is 2.45. The molecular weight excluding hydrogens is 776 g/mol. The van der Waals surface area contributed by atoms with Crippen molar-refractivity contribution in [1.29, 1.82) is 0 Å². The fourth-order valence-corrected chi connectivity index (χ4v) is 11.7. The topological polar surface area (TPSA) is 132 Å². The Morgan fingerprint density at radius 2 is 1.47 bits per heavy atom. The largest absolute Gasteiger partial charge is 0.451 e. The summed E-state index contributed by atoms with van der Waals surface area (Å²) in [6.45, 7) is 21.4. The quantitative estimate of drug-likeness (QED) is 0.271. The number of piperidine rings is 3. The molecule has 0 bridgehead atoms. The number of nitrogens with zero attached hydrogens (tertiary/aromatic N) is 8. The summed E-state index contributed by atoms with van der Waals surface area (Å²) in [7, 11) is -3.52. The van der Waals surface area contributed by atoms with Crippen LogP contribution < -0.4 is 9.64 Å². The number of carbonyl (C=O) groups is 2. The van der Waals surface area contributed by atoms with E-state index in [1.807, 2.05) is 48.5 Å². The number of aromatic nitrogens is 2. The van der Waals surface area contributed by atoms with Crippen LogP contribution in [0.2, 0.25) is 0 Å². The summed E-state index contributed by atoms with van der Waals surface area (Å²) in [5, 5.41) is 0. The van der Waals surface area contributed by atoms with Gasteiger partial charge in [-0.1, -0.05) is 0 Å². The molecule has 1 aromatic carbocycles. The molecule has 2 aromatic rings. The maximum Gasteiger partial charge on any atom is 0.410 e. The van der Waals surface area contributed by atoms with Gasteiger partial charge in [0, 0.05) is 84.1 Å². The molecule has 59 heavy (non-hydrogen) atoms. The van der Waals surface area contributed by atoms with Crippen molar-refractivity contribution in [2.24, 2.45) is 16.7 Å². The predicted octanol–water partition coefficient (Wildman–Crippen LogP) is 6.25. The van der Waals surface area contributed by atoms with Crippen molar-refractivity contribution in [3.63, 3.8) is 0 Å². The number of amides is 2. The molecule has 0 saturated carbocycles. The number of rotatable bonds is 10. The third-order valence-electron chi connectivity index (χ3n) is 13.3. The van der Waals surface area contributed by atoms with Crippen molar-refractivity contribution >= 4 is 28.0 Å². The molecule has 0 aliphatic carbocycles. The molecule has 2 amide bonds. The monoisotopic (exact) mass is 840 g/mol. The van der Waals surface area contributed by atoms with Crippen molar-refractivity contribution in [2.75, 3.05) is 76.9 Å². The van der Waals surface area contributed by atoms with Gasteiger partial charge in [-0.2, -0.15) is 17.0 Å². The van der Waals surface area contributed by atoms with Gasteiger partial charge in [-0.3, -0.25) is 4.79 Å². The highest BCUT2D eigenvalue weighted by molar-refractivity contribution is 7.86. The summed E-state index contributed by atoms with van der Waals surface area (Å²) in [4.78, 5) is 43.3. The number of likely N-dealkylation sites (tertiary alicyclic amines) is 2. The van der Waals surface area contributed by atoms with Crippen LogP contribution in [0.15, 0.2) is 30.7 Å². The first-order valence-corrected chi connectivity index (χ1v) is 23.1. The fraction of sp³-hybridized carbons (Fsp3) is 0.721. The summed E-state index contributed by atoms with van der Waals surface area (Å²) in [5.41, 5.74) is -0.108. The molecular formula is C43H65FN8O6S. The first-order chi connectivity index (χ1) is 27.9. The zero-order valence-corrected chi connectivity index (χ0v) is 37.0. The molecule has 1 atom stereocenters. The van der Waals surface area contributed by atoms with Gasteiger partial charge in [0.1, 0.15) is 23.5 Å². The lowest BCUT2D eigenvalue weighted by molar-refractivity contribution is -0.0416. The van der Waals surface area contributed by atoms with Crippen LogP contribution in [0.1, 0.15) is 104 Å². The highest BCUT2D eigenvalue weighted by atomic mass is 32.2. The van der Waals surface area contributed by atoms with E-state index in [1.165, 1.54) is 24.5 Å². The molecule has 7 rings (SSSR count). The van der Waals surface area contributed by atoms with E-state index in [0.717, 1.165) is 77.7 Å². The molecule has 6 heterocycles. The van der Waals surface area contributed by atoms with Gasteiger partial charge < -0.3 is 29.1 Å². The van der Waals surface area contributed by atoms with Gasteiger partial charge in [0.2, 0.25) is 0 Å². The molecule has 0 N–H and O–H groups in total. The number of benzene rings is 1. The van der Waals surface area contributed by atoms with Crippen molar-refractivity contribution in [1.82, 2.24) is 33.3 Å². The molecule has 2 spiro atoms. The second-order valence-electron chi connectivity index (χ2n) is 19.4. The predicted molar refractivity (Wildman–Crippen MR) is 224 cm³/mol. The van der Waals surface area contributed by atoms with Crippen LogP contribution in [0, 0.1) is 22.6 Å². The van der Waals surface area contributed by atoms with Crippen molar-refractivity contribution in [3.05, 3.63) is 42.1 Å². The molecule has 5 fully saturated rings. The van der Waals surface area contributed by atoms with Crippen molar-refractivity contribution in [2.45, 2.75) is 111 Å². The fourth-order valence-electron chi connectivity index (χ4n) is 10.1. The second-order valence-corrected chi connectivity index (χ2v) is 21.3. The van der Waals surface area contributed by atoms with Crippen LogP contribution in [0.3, 0.4) is 0 Å². The Morgan fingerprint density at radius 3 is 2.07 bits per heavy atom. The minimum absolute atomic E-state index is 0.0786. The van der Waals surface area contributed by atoms with Gasteiger partial charge in [0.15, 0.2) is 11.6 Å². The Kier molecular flexibility index (Phi) is 12.6. The third kappa shape index (κ3) is 9.65. The van der Waals surface area contributed by atoms with E-state index in [4.69, 9.17) is 9.47 Å². The summed E-state index contributed by atoms with van der Waals surface area (Å²) >= 11 is 0. The Morgan fingerprint density at radius 1 is 0.881 bits per heavy atom. The van der Waals surface area contributed by atoms with Gasteiger partial charge in [0.25, 0.3) is 16.1 Å². The van der Waals surface area contributed by atoms with Gasteiger partial charge in [-0.05, 0) is 128 Å². The molecule has 5 aliphatic heterocycles. The Labute approximate surface area is 350 Å². The van der Waals surface area contributed by atoms with E-state index < -0.39 is 21.6 Å². The molecule has 1 aromatic heterocycles. The van der Waals surface area contributed by atoms with Crippen molar-refractivity contribution in [3.8, 4) is 11.5 Å². The minimum Gasteiger partial charge on any atom is -0.451 e. The molecule has 0 radical (unpaired) electrons. The van der Waals surface area contributed by atoms with Crippen LogP contribution in [-0.2, 0) is 14.9 Å². The van der Waals surface area contributed by atoms with Crippen LogP contribution in [-0.4, -0.2) is 143 Å². The van der Waals surface area contributed by atoms with E-state index in [0.29, 0.717) is 56.8 Å². The summed E-state index contributed by atoms with van der Waals surface area (Å²) < 4.78 is 57.4. The second kappa shape index (κ2) is 17.0. The molecule has 0 unspecified atom stereocenters. The Bertz CT molecular complexity index is 1920. The lowest BCUT2D eigenvalue weighted by Crippen LogP contribution is -2.62. The standard InChI is InChI=1S/C43H65FN8O6S/c1-31(2)52(32(3)4)39(53)35-24-34(44)8-9-36(35)57-37-25-45-30-46-38(37)49-17-10-33(27-49)26-47-28-43(29-47)15-22-51(23-16-43)59(55,56)50-20-13-42(14-21-50)11-18-48(19-12-42)40(54)58-41(5,6)7/h8-9,24-25,30-33H,10-23,26-29H2,1-7H3/t33-/m0/s1. The number of carbonyl (C=O) groups excluding carboxylic acids is 2. The minimum atomic E-state index is -3.52. The average molecular weight is 841 g/mol.